The molecule has 8 nitrogen and oxygen atoms in total. The van der Waals surface area contributed by atoms with Crippen molar-refractivity contribution in [2.24, 2.45) is 0 Å². The number of rotatable bonds is 5. The fraction of sp³-hybridized carbons (Fsp3) is 0.133. The summed E-state index contributed by atoms with van der Waals surface area (Å²) in [5.74, 6) is 0.576. The lowest BCUT2D eigenvalue weighted by molar-refractivity contribution is 0.183. The van der Waals surface area contributed by atoms with Gasteiger partial charge in [-0.3, -0.25) is 4.55 Å². The van der Waals surface area contributed by atoms with Crippen molar-refractivity contribution in [1.82, 2.24) is 5.32 Å². The number of carbonyl (C=O) groups is 1. The molecule has 0 aromatic heterocycles. The fourth-order valence-electron chi connectivity index (χ4n) is 1.82. The molecule has 1 atom stereocenters. The van der Waals surface area contributed by atoms with E-state index < -0.39 is 22.4 Å². The summed E-state index contributed by atoms with van der Waals surface area (Å²) in [5, 5.41) is 14.2. The SMILES string of the molecule is CC(NC(=O)Nc1ccc(S(=O)(=O)O)cc1)Oc1ccc(O)cc1. The Morgan fingerprint density at radius 1 is 1.08 bits per heavy atom. The highest BCUT2D eigenvalue weighted by molar-refractivity contribution is 7.85. The van der Waals surface area contributed by atoms with Crippen LogP contribution < -0.4 is 15.4 Å². The van der Waals surface area contributed by atoms with Crippen LogP contribution in [0.25, 0.3) is 0 Å². The Morgan fingerprint density at radius 2 is 1.67 bits per heavy atom. The van der Waals surface area contributed by atoms with Crippen molar-refractivity contribution >= 4 is 21.8 Å². The van der Waals surface area contributed by atoms with Crippen LogP contribution in [-0.2, 0) is 10.1 Å². The van der Waals surface area contributed by atoms with Gasteiger partial charge in [0.25, 0.3) is 10.1 Å². The molecule has 2 rings (SSSR count). The maximum Gasteiger partial charge on any atom is 0.322 e. The minimum atomic E-state index is -4.27. The summed E-state index contributed by atoms with van der Waals surface area (Å²) in [6.45, 7) is 1.62. The average Bonchev–Trinajstić information content (AvgIpc) is 2.49. The van der Waals surface area contributed by atoms with Gasteiger partial charge in [-0.15, -0.1) is 0 Å². The summed E-state index contributed by atoms with van der Waals surface area (Å²) in [6, 6.07) is 10.5. The lowest BCUT2D eigenvalue weighted by Gasteiger charge is -2.16. The molecule has 0 saturated heterocycles. The Bertz CT molecular complexity index is 803. The molecule has 4 N–H and O–H groups in total. The van der Waals surface area contributed by atoms with Crippen molar-refractivity contribution in [2.75, 3.05) is 5.32 Å². The number of nitrogens with one attached hydrogen (secondary N) is 2. The Labute approximate surface area is 138 Å². The molecule has 2 aromatic rings. The minimum absolute atomic E-state index is 0.106. The molecule has 0 aliphatic rings. The first kappa shape index (κ1) is 17.6. The second-order valence-electron chi connectivity index (χ2n) is 4.85. The summed E-state index contributed by atoms with van der Waals surface area (Å²) >= 11 is 0. The van der Waals surface area contributed by atoms with E-state index in [1.54, 1.807) is 19.1 Å². The van der Waals surface area contributed by atoms with E-state index in [0.29, 0.717) is 11.4 Å². The molecule has 0 bridgehead atoms. The van der Waals surface area contributed by atoms with Crippen LogP contribution in [0.1, 0.15) is 6.92 Å². The monoisotopic (exact) mass is 352 g/mol. The Hall–Kier alpha value is -2.78. The summed E-state index contributed by atoms with van der Waals surface area (Å²) in [5.41, 5.74) is 0.344. The number of ether oxygens (including phenoxy) is 1. The van der Waals surface area contributed by atoms with Gasteiger partial charge in [0, 0.05) is 5.69 Å². The van der Waals surface area contributed by atoms with Crippen LogP contribution in [0.4, 0.5) is 10.5 Å². The quantitative estimate of drug-likeness (QED) is 0.483. The molecule has 2 aromatic carbocycles. The van der Waals surface area contributed by atoms with Gasteiger partial charge in [-0.1, -0.05) is 0 Å². The van der Waals surface area contributed by atoms with Crippen LogP contribution in [0.5, 0.6) is 11.5 Å². The second-order valence-corrected chi connectivity index (χ2v) is 6.27. The summed E-state index contributed by atoms with van der Waals surface area (Å²) in [4.78, 5) is 11.6. The number of hydrogen-bond donors (Lipinski definition) is 4. The van der Waals surface area contributed by atoms with Crippen LogP contribution >= 0.6 is 0 Å². The highest BCUT2D eigenvalue weighted by Gasteiger charge is 2.11. The van der Waals surface area contributed by atoms with Gasteiger partial charge in [-0.2, -0.15) is 8.42 Å². The van der Waals surface area contributed by atoms with E-state index in [1.807, 2.05) is 0 Å². The molecule has 2 amide bonds. The number of hydrogen-bond acceptors (Lipinski definition) is 5. The van der Waals surface area contributed by atoms with E-state index in [4.69, 9.17) is 9.29 Å². The van der Waals surface area contributed by atoms with Gasteiger partial charge in [-0.05, 0) is 55.5 Å². The van der Waals surface area contributed by atoms with Crippen LogP contribution in [0.3, 0.4) is 0 Å². The predicted octanol–water partition coefficient (Wildman–Crippen LogP) is 2.19. The van der Waals surface area contributed by atoms with Crippen LogP contribution in [0.15, 0.2) is 53.4 Å². The van der Waals surface area contributed by atoms with Gasteiger partial charge in [0.05, 0.1) is 4.90 Å². The lowest BCUT2D eigenvalue weighted by Crippen LogP contribution is -2.39. The number of amides is 2. The largest absolute Gasteiger partial charge is 0.508 e. The molecular weight excluding hydrogens is 336 g/mol. The highest BCUT2D eigenvalue weighted by atomic mass is 32.2. The van der Waals surface area contributed by atoms with Gasteiger partial charge < -0.3 is 20.5 Å². The topological polar surface area (TPSA) is 125 Å². The number of benzene rings is 2. The van der Waals surface area contributed by atoms with Gasteiger partial charge >= 0.3 is 6.03 Å². The number of carbonyl (C=O) groups excluding carboxylic acids is 1. The Balaban J connectivity index is 1.89. The summed E-state index contributed by atoms with van der Waals surface area (Å²) in [7, 11) is -4.27. The molecule has 0 spiro atoms. The zero-order valence-electron chi connectivity index (χ0n) is 12.6. The fourth-order valence-corrected chi connectivity index (χ4v) is 2.30. The first-order chi connectivity index (χ1) is 11.2. The number of anilines is 1. The van der Waals surface area contributed by atoms with Crippen molar-refractivity contribution in [3.05, 3.63) is 48.5 Å². The number of aromatic hydroxyl groups is 1. The van der Waals surface area contributed by atoms with Gasteiger partial charge in [0.2, 0.25) is 0 Å². The van der Waals surface area contributed by atoms with Crippen molar-refractivity contribution in [1.29, 1.82) is 0 Å². The molecule has 24 heavy (non-hydrogen) atoms. The molecule has 0 heterocycles. The third-order valence-corrected chi connectivity index (χ3v) is 3.76. The molecular formula is C15H16N2O6S. The van der Waals surface area contributed by atoms with E-state index in [9.17, 15) is 18.3 Å². The van der Waals surface area contributed by atoms with Gasteiger partial charge in [0.1, 0.15) is 11.5 Å². The highest BCUT2D eigenvalue weighted by Crippen LogP contribution is 2.17. The molecule has 9 heteroatoms. The van der Waals surface area contributed by atoms with E-state index >= 15 is 0 Å². The van der Waals surface area contributed by atoms with Crippen LogP contribution in [0.2, 0.25) is 0 Å². The van der Waals surface area contributed by atoms with Gasteiger partial charge in [-0.25, -0.2) is 4.79 Å². The predicted molar refractivity (Wildman–Crippen MR) is 86.6 cm³/mol. The van der Waals surface area contributed by atoms with Crippen molar-refractivity contribution in [2.45, 2.75) is 18.0 Å². The molecule has 0 aliphatic heterocycles. The third-order valence-electron chi connectivity index (χ3n) is 2.89. The van der Waals surface area contributed by atoms with Crippen molar-refractivity contribution < 1.29 is 27.6 Å². The zero-order valence-corrected chi connectivity index (χ0v) is 13.4. The van der Waals surface area contributed by atoms with Gasteiger partial charge in [0.15, 0.2) is 6.23 Å². The molecule has 0 fully saturated rings. The summed E-state index contributed by atoms with van der Waals surface area (Å²) in [6.07, 6.45) is -0.647. The molecule has 0 saturated carbocycles. The lowest BCUT2D eigenvalue weighted by atomic mass is 10.3. The molecule has 128 valence electrons. The zero-order chi connectivity index (χ0) is 17.7. The first-order valence-electron chi connectivity index (χ1n) is 6.85. The minimum Gasteiger partial charge on any atom is -0.508 e. The first-order valence-corrected chi connectivity index (χ1v) is 8.29. The van der Waals surface area contributed by atoms with E-state index in [0.717, 1.165) is 0 Å². The van der Waals surface area contributed by atoms with Crippen LogP contribution in [0, 0.1) is 0 Å². The second kappa shape index (κ2) is 7.20. The number of phenolic OH excluding ortho intramolecular Hbond substituents is 1. The molecule has 1 unspecified atom stereocenters. The number of phenols is 1. The summed E-state index contributed by atoms with van der Waals surface area (Å²) < 4.78 is 36.2. The molecule has 0 radical (unpaired) electrons. The van der Waals surface area contributed by atoms with E-state index in [1.165, 1.54) is 36.4 Å². The number of urea groups is 1. The Morgan fingerprint density at radius 3 is 2.21 bits per heavy atom. The Kier molecular flexibility index (Phi) is 5.27. The van der Waals surface area contributed by atoms with Crippen molar-refractivity contribution in [3.63, 3.8) is 0 Å². The molecule has 0 aliphatic carbocycles. The van der Waals surface area contributed by atoms with Crippen molar-refractivity contribution in [3.8, 4) is 11.5 Å². The normalized spacial score (nSPS) is 12.2. The van der Waals surface area contributed by atoms with Crippen LogP contribution in [-0.4, -0.2) is 30.3 Å². The van der Waals surface area contributed by atoms with E-state index in [2.05, 4.69) is 10.6 Å². The third kappa shape index (κ3) is 5.14. The standard InChI is InChI=1S/C15H16N2O6S/c1-10(23-13-6-4-12(18)5-7-13)16-15(19)17-11-2-8-14(9-3-11)24(20,21)22/h2-10,18H,1H3,(H2,16,17,19)(H,20,21,22). The maximum absolute atomic E-state index is 11.8. The average molecular weight is 352 g/mol. The smallest absolute Gasteiger partial charge is 0.322 e. The maximum atomic E-state index is 11.8. The van der Waals surface area contributed by atoms with E-state index in [-0.39, 0.29) is 10.6 Å².